The van der Waals surface area contributed by atoms with Crippen LogP contribution in [0, 0.1) is 0 Å². The fourth-order valence-corrected chi connectivity index (χ4v) is 1.53. The third kappa shape index (κ3) is 1.38. The maximum absolute atomic E-state index is 9.35. The highest BCUT2D eigenvalue weighted by Crippen LogP contribution is 2.36. The van der Waals surface area contributed by atoms with Gasteiger partial charge in [-0.25, -0.2) is 9.67 Å². The number of hydrogen-bond acceptors (Lipinski definition) is 3. The van der Waals surface area contributed by atoms with Gasteiger partial charge >= 0.3 is 0 Å². The molecule has 5 heteroatoms. The van der Waals surface area contributed by atoms with Crippen LogP contribution in [0.15, 0.2) is 4.73 Å². The van der Waals surface area contributed by atoms with Crippen LogP contribution >= 0.6 is 15.9 Å². The number of hydrogen-bond donors (Lipinski definition) is 1. The maximum atomic E-state index is 9.35. The molecule has 1 aliphatic rings. The van der Waals surface area contributed by atoms with Gasteiger partial charge in [-0.05, 0) is 35.7 Å². The highest BCUT2D eigenvalue weighted by atomic mass is 79.9. The topological polar surface area (TPSA) is 50.9 Å². The predicted octanol–water partition coefficient (Wildman–Crippen LogP) is 1.43. The summed E-state index contributed by atoms with van der Waals surface area (Å²) >= 11 is 3.19. The Bertz CT molecular complexity index is 273. The van der Waals surface area contributed by atoms with Crippen LogP contribution in [0.1, 0.15) is 37.7 Å². The summed E-state index contributed by atoms with van der Waals surface area (Å²) in [6.07, 6.45) is 1.76. The third-order valence-corrected chi connectivity index (χ3v) is 2.23. The molecule has 0 radical (unpaired) electrons. The molecule has 1 saturated carbocycles. The van der Waals surface area contributed by atoms with Crippen molar-refractivity contribution < 1.29 is 5.11 Å². The first-order valence-electron chi connectivity index (χ1n) is 3.98. The highest BCUT2D eigenvalue weighted by molar-refractivity contribution is 9.10. The van der Waals surface area contributed by atoms with E-state index in [0.29, 0.717) is 16.6 Å². The Morgan fingerprint density at radius 2 is 2.33 bits per heavy atom. The molecule has 66 valence electrons. The Balaban J connectivity index is 2.36. The van der Waals surface area contributed by atoms with E-state index in [2.05, 4.69) is 26.0 Å². The molecule has 0 saturated heterocycles. The number of nitrogens with zero attached hydrogens (tertiary/aromatic N) is 3. The van der Waals surface area contributed by atoms with Gasteiger partial charge in [-0.3, -0.25) is 0 Å². The molecule has 2 rings (SSSR count). The van der Waals surface area contributed by atoms with Crippen LogP contribution in [-0.2, 0) is 0 Å². The molecular weight excluding hydrogens is 222 g/mol. The summed E-state index contributed by atoms with van der Waals surface area (Å²) in [5.74, 6) is 0.657. The van der Waals surface area contributed by atoms with Crippen molar-refractivity contribution in [2.24, 2.45) is 0 Å². The van der Waals surface area contributed by atoms with Gasteiger partial charge in [0, 0.05) is 0 Å². The Morgan fingerprint density at radius 3 is 2.83 bits per heavy atom. The van der Waals surface area contributed by atoms with Gasteiger partial charge in [0.15, 0.2) is 5.82 Å². The van der Waals surface area contributed by atoms with Crippen LogP contribution in [0.25, 0.3) is 0 Å². The van der Waals surface area contributed by atoms with E-state index in [-0.39, 0.29) is 0 Å². The first-order chi connectivity index (χ1) is 5.68. The lowest BCUT2D eigenvalue weighted by Gasteiger charge is -2.04. The lowest BCUT2D eigenvalue weighted by atomic mass is 10.4. The quantitative estimate of drug-likeness (QED) is 0.839. The summed E-state index contributed by atoms with van der Waals surface area (Å²) < 4.78 is 2.37. The minimum Gasteiger partial charge on any atom is -0.385 e. The third-order valence-electron chi connectivity index (χ3n) is 1.90. The Morgan fingerprint density at radius 1 is 1.67 bits per heavy atom. The molecule has 0 amide bonds. The second-order valence-electron chi connectivity index (χ2n) is 3.09. The highest BCUT2D eigenvalue weighted by Gasteiger charge is 2.29. The van der Waals surface area contributed by atoms with Crippen molar-refractivity contribution in [3.05, 3.63) is 10.6 Å². The molecule has 1 aromatic heterocycles. The Kier molecular flexibility index (Phi) is 1.92. The summed E-state index contributed by atoms with van der Waals surface area (Å²) in [4.78, 5) is 4.09. The normalized spacial score (nSPS) is 19.6. The zero-order chi connectivity index (χ0) is 8.72. The van der Waals surface area contributed by atoms with Crippen LogP contribution in [0.3, 0.4) is 0 Å². The van der Waals surface area contributed by atoms with Crippen LogP contribution < -0.4 is 0 Å². The van der Waals surface area contributed by atoms with E-state index < -0.39 is 6.10 Å². The van der Waals surface area contributed by atoms with Crippen molar-refractivity contribution in [2.75, 3.05) is 0 Å². The van der Waals surface area contributed by atoms with Crippen LogP contribution in [0.4, 0.5) is 0 Å². The summed E-state index contributed by atoms with van der Waals surface area (Å²) in [5.41, 5.74) is 0. The number of halogens is 1. The Labute approximate surface area is 78.7 Å². The standard InChI is InChI=1S/C7H10BrN3O/c1-4(12)6-9-7(8)10-11(6)5-2-3-5/h4-5,12H,2-3H2,1H3/t4-/m1/s1. The minimum absolute atomic E-state index is 0.466. The maximum Gasteiger partial charge on any atom is 0.217 e. The van der Waals surface area contributed by atoms with E-state index in [4.69, 9.17) is 0 Å². The van der Waals surface area contributed by atoms with E-state index in [1.165, 1.54) is 0 Å². The fraction of sp³-hybridized carbons (Fsp3) is 0.714. The summed E-state index contributed by atoms with van der Waals surface area (Å²) in [6.45, 7) is 1.70. The molecule has 0 spiro atoms. The van der Waals surface area contributed by atoms with Crippen molar-refractivity contribution >= 4 is 15.9 Å². The molecule has 4 nitrogen and oxygen atoms in total. The molecule has 12 heavy (non-hydrogen) atoms. The van der Waals surface area contributed by atoms with Crippen LogP contribution in [0.5, 0.6) is 0 Å². The van der Waals surface area contributed by atoms with E-state index in [9.17, 15) is 5.11 Å². The van der Waals surface area contributed by atoms with Crippen molar-refractivity contribution in [2.45, 2.75) is 31.9 Å². The molecule has 1 aromatic rings. The Hall–Kier alpha value is -0.420. The van der Waals surface area contributed by atoms with Crippen molar-refractivity contribution in [3.63, 3.8) is 0 Å². The van der Waals surface area contributed by atoms with Crippen molar-refractivity contribution in [3.8, 4) is 0 Å². The minimum atomic E-state index is -0.538. The first kappa shape index (κ1) is 8.19. The molecule has 0 bridgehead atoms. The van der Waals surface area contributed by atoms with Crippen molar-refractivity contribution in [1.29, 1.82) is 0 Å². The molecule has 0 aromatic carbocycles. The molecule has 0 aliphatic heterocycles. The van der Waals surface area contributed by atoms with Gasteiger partial charge in [-0.15, -0.1) is 5.10 Å². The average Bonchev–Trinajstić information content (AvgIpc) is 2.75. The first-order valence-corrected chi connectivity index (χ1v) is 4.78. The molecule has 1 heterocycles. The number of aliphatic hydroxyl groups excluding tert-OH is 1. The van der Waals surface area contributed by atoms with Gasteiger partial charge in [0.05, 0.1) is 6.04 Å². The lowest BCUT2D eigenvalue weighted by Crippen LogP contribution is -2.06. The van der Waals surface area contributed by atoms with E-state index >= 15 is 0 Å². The van der Waals surface area contributed by atoms with Gasteiger partial charge in [0.1, 0.15) is 6.10 Å². The molecule has 1 N–H and O–H groups in total. The second kappa shape index (κ2) is 2.81. The molecule has 1 atom stereocenters. The molecule has 1 fully saturated rings. The molecule has 0 unspecified atom stereocenters. The van der Waals surface area contributed by atoms with Crippen LogP contribution in [0.2, 0.25) is 0 Å². The number of rotatable bonds is 2. The van der Waals surface area contributed by atoms with Gasteiger partial charge in [-0.1, -0.05) is 0 Å². The second-order valence-corrected chi connectivity index (χ2v) is 3.80. The van der Waals surface area contributed by atoms with E-state index in [0.717, 1.165) is 12.8 Å². The van der Waals surface area contributed by atoms with Crippen molar-refractivity contribution in [1.82, 2.24) is 14.8 Å². The van der Waals surface area contributed by atoms with Gasteiger partial charge in [0.2, 0.25) is 4.73 Å². The van der Waals surface area contributed by atoms with Gasteiger partial charge in [0.25, 0.3) is 0 Å². The van der Waals surface area contributed by atoms with Gasteiger partial charge in [-0.2, -0.15) is 0 Å². The molecular formula is C7H10BrN3O. The smallest absolute Gasteiger partial charge is 0.217 e. The summed E-state index contributed by atoms with van der Waals surface area (Å²) in [7, 11) is 0. The lowest BCUT2D eigenvalue weighted by molar-refractivity contribution is 0.181. The zero-order valence-electron chi connectivity index (χ0n) is 6.74. The van der Waals surface area contributed by atoms with Gasteiger partial charge < -0.3 is 5.11 Å². The van der Waals surface area contributed by atoms with E-state index in [1.807, 2.05) is 4.68 Å². The average molecular weight is 232 g/mol. The summed E-state index contributed by atoms with van der Waals surface area (Å²) in [5, 5.41) is 13.5. The SMILES string of the molecule is C[C@@H](O)c1nc(Br)nn1C1CC1. The fourth-order valence-electron chi connectivity index (χ4n) is 1.18. The zero-order valence-corrected chi connectivity index (χ0v) is 8.32. The van der Waals surface area contributed by atoms with E-state index in [1.54, 1.807) is 6.92 Å². The number of aromatic nitrogens is 3. The largest absolute Gasteiger partial charge is 0.385 e. The molecule has 1 aliphatic carbocycles. The van der Waals surface area contributed by atoms with Crippen LogP contribution in [-0.4, -0.2) is 19.9 Å². The number of aliphatic hydroxyl groups is 1. The monoisotopic (exact) mass is 231 g/mol. The summed E-state index contributed by atoms with van der Waals surface area (Å²) in [6, 6.07) is 0.466. The predicted molar refractivity (Wildman–Crippen MR) is 46.6 cm³/mol.